The summed E-state index contributed by atoms with van der Waals surface area (Å²) in [5, 5.41) is 3.36. The zero-order valence-corrected chi connectivity index (χ0v) is 10.4. The van der Waals surface area contributed by atoms with E-state index in [0.29, 0.717) is 21.1 Å². The van der Waals surface area contributed by atoms with Crippen molar-refractivity contribution in [1.82, 2.24) is 4.98 Å². The molecule has 1 aromatic heterocycles. The minimum absolute atomic E-state index is 0.176. The number of halogens is 2. The molecule has 0 aliphatic heterocycles. The molecule has 0 atom stereocenters. The summed E-state index contributed by atoms with van der Waals surface area (Å²) in [7, 11) is 0. The van der Waals surface area contributed by atoms with E-state index in [-0.39, 0.29) is 11.7 Å². The van der Waals surface area contributed by atoms with Gasteiger partial charge in [0, 0.05) is 22.5 Å². The number of aromatic nitrogens is 1. The van der Waals surface area contributed by atoms with Crippen LogP contribution in [0.25, 0.3) is 10.9 Å². The molecule has 2 aromatic rings. The number of fused-ring (bicyclic) bond motifs is 1. The Bertz CT molecular complexity index is 577. The van der Waals surface area contributed by atoms with Crippen molar-refractivity contribution in [3.63, 3.8) is 0 Å². The average molecular weight is 285 g/mol. The maximum Gasteiger partial charge on any atom is 0.221 e. The number of amides is 1. The lowest BCUT2D eigenvalue weighted by Gasteiger charge is -2.01. The van der Waals surface area contributed by atoms with E-state index in [1.807, 2.05) is 0 Å². The van der Waals surface area contributed by atoms with Crippen molar-refractivity contribution in [3.8, 4) is 0 Å². The number of H-pyrrole nitrogens is 1. The zero-order chi connectivity index (χ0) is 11.9. The Morgan fingerprint density at radius 2 is 2.19 bits per heavy atom. The van der Waals surface area contributed by atoms with Gasteiger partial charge in [-0.1, -0.05) is 15.9 Å². The Hall–Kier alpha value is -1.36. The number of aryl methyl sites for hydroxylation is 1. The van der Waals surface area contributed by atoms with Crippen LogP contribution in [0.15, 0.2) is 16.6 Å². The molecule has 0 unspecified atom stereocenters. The van der Waals surface area contributed by atoms with E-state index in [2.05, 4.69) is 26.2 Å². The summed E-state index contributed by atoms with van der Waals surface area (Å²) in [6.45, 7) is 3.21. The van der Waals surface area contributed by atoms with Crippen LogP contribution >= 0.6 is 15.9 Å². The monoisotopic (exact) mass is 284 g/mol. The first-order valence-electron chi connectivity index (χ1n) is 4.74. The summed E-state index contributed by atoms with van der Waals surface area (Å²) in [6, 6.07) is 3.16. The summed E-state index contributed by atoms with van der Waals surface area (Å²) in [5.74, 6) is -0.520. The van der Waals surface area contributed by atoms with Crippen LogP contribution in [-0.4, -0.2) is 10.9 Å². The molecule has 0 saturated heterocycles. The number of carbonyl (C=O) groups excluding carboxylic acids is 1. The van der Waals surface area contributed by atoms with Crippen LogP contribution < -0.4 is 5.32 Å². The maximum atomic E-state index is 13.6. The minimum Gasteiger partial charge on any atom is -0.354 e. The summed E-state index contributed by atoms with van der Waals surface area (Å²) in [4.78, 5) is 14.0. The van der Waals surface area contributed by atoms with Gasteiger partial charge < -0.3 is 10.3 Å². The van der Waals surface area contributed by atoms with Crippen molar-refractivity contribution in [2.75, 3.05) is 5.32 Å². The van der Waals surface area contributed by atoms with Gasteiger partial charge in [-0.15, -0.1) is 0 Å². The van der Waals surface area contributed by atoms with Gasteiger partial charge in [-0.3, -0.25) is 4.79 Å². The molecule has 1 heterocycles. The Morgan fingerprint density at radius 1 is 1.50 bits per heavy atom. The fourth-order valence-corrected chi connectivity index (χ4v) is 2.12. The molecule has 0 spiro atoms. The van der Waals surface area contributed by atoms with Crippen molar-refractivity contribution in [1.29, 1.82) is 0 Å². The number of hydrogen-bond acceptors (Lipinski definition) is 1. The summed E-state index contributed by atoms with van der Waals surface area (Å²) < 4.78 is 14.2. The molecule has 1 aromatic carbocycles. The molecule has 0 fully saturated rings. The van der Waals surface area contributed by atoms with E-state index in [9.17, 15) is 9.18 Å². The van der Waals surface area contributed by atoms with Gasteiger partial charge in [0.1, 0.15) is 5.82 Å². The lowest BCUT2D eigenvalue weighted by Crippen LogP contribution is -2.06. The van der Waals surface area contributed by atoms with Gasteiger partial charge in [0.15, 0.2) is 0 Å². The van der Waals surface area contributed by atoms with Crippen LogP contribution in [0.2, 0.25) is 0 Å². The molecule has 1 amide bonds. The third-order valence-electron chi connectivity index (χ3n) is 2.31. The first-order chi connectivity index (χ1) is 7.49. The molecule has 0 aliphatic carbocycles. The third-order valence-corrected chi connectivity index (χ3v) is 2.77. The van der Waals surface area contributed by atoms with Crippen LogP contribution in [0.3, 0.4) is 0 Å². The van der Waals surface area contributed by atoms with Gasteiger partial charge in [-0.25, -0.2) is 4.39 Å². The van der Waals surface area contributed by atoms with Gasteiger partial charge >= 0.3 is 0 Å². The number of benzene rings is 1. The van der Waals surface area contributed by atoms with Gasteiger partial charge in [0.2, 0.25) is 5.91 Å². The lowest BCUT2D eigenvalue weighted by molar-refractivity contribution is -0.114. The summed E-state index contributed by atoms with van der Waals surface area (Å²) >= 11 is 3.23. The molecule has 0 bridgehead atoms. The molecule has 16 heavy (non-hydrogen) atoms. The second-order valence-corrected chi connectivity index (χ2v) is 4.53. The van der Waals surface area contributed by atoms with Crippen molar-refractivity contribution in [2.45, 2.75) is 13.8 Å². The van der Waals surface area contributed by atoms with Gasteiger partial charge in [0.25, 0.3) is 0 Å². The quantitative estimate of drug-likeness (QED) is 0.829. The number of hydrogen-bond donors (Lipinski definition) is 2. The van der Waals surface area contributed by atoms with Gasteiger partial charge in [0.05, 0.1) is 11.2 Å². The highest BCUT2D eigenvalue weighted by molar-refractivity contribution is 9.10. The van der Waals surface area contributed by atoms with Crippen molar-refractivity contribution in [3.05, 3.63) is 28.1 Å². The normalized spacial score (nSPS) is 10.8. The van der Waals surface area contributed by atoms with Crippen molar-refractivity contribution >= 4 is 38.4 Å². The smallest absolute Gasteiger partial charge is 0.221 e. The Morgan fingerprint density at radius 3 is 2.81 bits per heavy atom. The average Bonchev–Trinajstić information content (AvgIpc) is 2.45. The predicted octanol–water partition coefficient (Wildman–Crippen LogP) is 3.34. The Kier molecular flexibility index (Phi) is 2.71. The lowest BCUT2D eigenvalue weighted by atomic mass is 10.2. The Balaban J connectivity index is 2.73. The highest BCUT2D eigenvalue weighted by atomic mass is 79.9. The Labute approximate surface area is 100 Å². The molecular formula is C11H10BrFN2O. The zero-order valence-electron chi connectivity index (χ0n) is 8.82. The fraction of sp³-hybridized carbons (Fsp3) is 0.182. The van der Waals surface area contributed by atoms with Crippen LogP contribution in [0, 0.1) is 12.7 Å². The van der Waals surface area contributed by atoms with E-state index < -0.39 is 0 Å². The predicted molar refractivity (Wildman–Crippen MR) is 65.0 cm³/mol. The molecule has 3 nitrogen and oxygen atoms in total. The van der Waals surface area contributed by atoms with Gasteiger partial charge in [-0.2, -0.15) is 0 Å². The first-order valence-corrected chi connectivity index (χ1v) is 5.53. The molecule has 2 rings (SSSR count). The third kappa shape index (κ3) is 1.82. The summed E-state index contributed by atoms with van der Waals surface area (Å²) in [6.07, 6.45) is 0. The molecule has 5 heteroatoms. The SMILES string of the molecule is CC(=O)Nc1c(C)[nH]c2c(F)cc(Br)cc12. The highest BCUT2D eigenvalue weighted by Crippen LogP contribution is 2.31. The van der Waals surface area contributed by atoms with Crippen molar-refractivity contribution in [2.24, 2.45) is 0 Å². The highest BCUT2D eigenvalue weighted by Gasteiger charge is 2.13. The van der Waals surface area contributed by atoms with E-state index in [4.69, 9.17) is 0 Å². The van der Waals surface area contributed by atoms with E-state index >= 15 is 0 Å². The number of nitrogens with one attached hydrogen (secondary N) is 2. The van der Waals surface area contributed by atoms with Gasteiger partial charge in [-0.05, 0) is 19.1 Å². The fourth-order valence-electron chi connectivity index (χ4n) is 1.69. The number of anilines is 1. The number of carbonyl (C=O) groups is 1. The molecule has 0 saturated carbocycles. The second kappa shape index (κ2) is 3.90. The maximum absolute atomic E-state index is 13.6. The molecule has 84 valence electrons. The first kappa shape index (κ1) is 11.1. The van der Waals surface area contributed by atoms with Crippen LogP contribution in [-0.2, 0) is 4.79 Å². The topological polar surface area (TPSA) is 44.9 Å². The molecule has 0 aliphatic rings. The van der Waals surface area contributed by atoms with Crippen LogP contribution in [0.4, 0.5) is 10.1 Å². The summed E-state index contributed by atoms with van der Waals surface area (Å²) in [5.41, 5.74) is 1.77. The van der Waals surface area contributed by atoms with E-state index in [1.54, 1.807) is 13.0 Å². The van der Waals surface area contributed by atoms with Crippen LogP contribution in [0.1, 0.15) is 12.6 Å². The van der Waals surface area contributed by atoms with E-state index in [1.165, 1.54) is 13.0 Å². The second-order valence-electron chi connectivity index (χ2n) is 3.62. The molecule has 0 radical (unpaired) electrons. The molecule has 2 N–H and O–H groups in total. The number of rotatable bonds is 1. The van der Waals surface area contributed by atoms with Crippen molar-refractivity contribution < 1.29 is 9.18 Å². The largest absolute Gasteiger partial charge is 0.354 e. The van der Waals surface area contributed by atoms with E-state index in [0.717, 1.165) is 5.69 Å². The molecular weight excluding hydrogens is 275 g/mol. The van der Waals surface area contributed by atoms with Crippen LogP contribution in [0.5, 0.6) is 0 Å². The minimum atomic E-state index is -0.343. The standard InChI is InChI=1S/C11H10BrFN2O/c1-5-10(15-6(2)16)8-3-7(12)4-9(13)11(8)14-5/h3-4,14H,1-2H3,(H,15,16). The number of aromatic amines is 1.